The fourth-order valence-electron chi connectivity index (χ4n) is 3.57. The maximum atomic E-state index is 12.7. The third kappa shape index (κ3) is 4.72. The van der Waals surface area contributed by atoms with Crippen molar-refractivity contribution in [1.82, 2.24) is 19.9 Å². The molecule has 1 atom stereocenters. The van der Waals surface area contributed by atoms with E-state index in [2.05, 4.69) is 10.1 Å². The van der Waals surface area contributed by atoms with Crippen LogP contribution in [0.1, 0.15) is 36.2 Å². The van der Waals surface area contributed by atoms with Crippen LogP contribution in [0, 0.1) is 13.8 Å². The van der Waals surface area contributed by atoms with Crippen LogP contribution in [-0.4, -0.2) is 57.4 Å². The lowest BCUT2D eigenvalue weighted by molar-refractivity contribution is -0.133. The molecule has 1 saturated heterocycles. The molecule has 0 spiro atoms. The zero-order valence-corrected chi connectivity index (χ0v) is 16.1. The number of aryl methyl sites for hydroxylation is 2. The van der Waals surface area contributed by atoms with Gasteiger partial charge in [-0.3, -0.25) is 9.59 Å². The Labute approximate surface area is 159 Å². The second-order valence-electron chi connectivity index (χ2n) is 7.08. The minimum absolute atomic E-state index is 0.00780. The highest BCUT2D eigenvalue weighted by Crippen LogP contribution is 2.19. The van der Waals surface area contributed by atoms with Crippen LogP contribution < -0.4 is 0 Å². The first-order valence-corrected chi connectivity index (χ1v) is 9.32. The first-order chi connectivity index (χ1) is 12.9. The number of benzene rings is 1. The third-order valence-electron chi connectivity index (χ3n) is 5.11. The van der Waals surface area contributed by atoms with Crippen molar-refractivity contribution in [2.45, 2.75) is 46.1 Å². The Morgan fingerprint density at radius 3 is 2.74 bits per heavy atom. The van der Waals surface area contributed by atoms with Crippen molar-refractivity contribution >= 4 is 11.8 Å². The highest BCUT2D eigenvalue weighted by atomic mass is 16.5. The monoisotopic (exact) mass is 370 g/mol. The van der Waals surface area contributed by atoms with E-state index in [1.54, 1.807) is 13.8 Å². The van der Waals surface area contributed by atoms with Crippen LogP contribution in [0.5, 0.6) is 0 Å². The maximum absolute atomic E-state index is 12.7. The molecule has 1 aromatic heterocycles. The van der Waals surface area contributed by atoms with Gasteiger partial charge in [-0.1, -0.05) is 29.4 Å². The smallest absolute Gasteiger partial charge is 0.227 e. The number of carbonyl (C=O) groups is 2. The largest absolute Gasteiger partial charge is 0.340 e. The van der Waals surface area contributed by atoms with Gasteiger partial charge in [0.25, 0.3) is 0 Å². The summed E-state index contributed by atoms with van der Waals surface area (Å²) in [6.07, 6.45) is 1.75. The summed E-state index contributed by atoms with van der Waals surface area (Å²) in [5, 5.41) is 3.88. The Kier molecular flexibility index (Phi) is 5.88. The van der Waals surface area contributed by atoms with E-state index in [-0.39, 0.29) is 17.9 Å². The van der Waals surface area contributed by atoms with Gasteiger partial charge in [-0.15, -0.1) is 0 Å². The normalized spacial score (nSPS) is 16.6. The number of aromatic nitrogens is 2. The van der Waals surface area contributed by atoms with E-state index >= 15 is 0 Å². The standard InChI is InChI=1S/C20H26N4O3/c1-14-6-4-5-7-17(14)12-20(26)23-10-8-18(13-23)24(16(3)25)11-9-19-21-15(2)27-22-19/h4-7,18H,8-13H2,1-3H3. The second-order valence-corrected chi connectivity index (χ2v) is 7.08. The van der Waals surface area contributed by atoms with Crippen molar-refractivity contribution in [1.29, 1.82) is 0 Å². The molecule has 7 nitrogen and oxygen atoms in total. The molecule has 1 unspecified atom stereocenters. The lowest BCUT2D eigenvalue weighted by atomic mass is 10.1. The van der Waals surface area contributed by atoms with Crippen LogP contribution in [0.15, 0.2) is 28.8 Å². The van der Waals surface area contributed by atoms with Crippen molar-refractivity contribution in [2.75, 3.05) is 19.6 Å². The molecule has 2 heterocycles. The molecule has 27 heavy (non-hydrogen) atoms. The van der Waals surface area contributed by atoms with Crippen LogP contribution in [0.25, 0.3) is 0 Å². The summed E-state index contributed by atoms with van der Waals surface area (Å²) < 4.78 is 4.98. The van der Waals surface area contributed by atoms with Gasteiger partial charge in [0.05, 0.1) is 12.5 Å². The van der Waals surface area contributed by atoms with Crippen LogP contribution in [0.2, 0.25) is 0 Å². The molecule has 3 rings (SSSR count). The first-order valence-electron chi connectivity index (χ1n) is 9.32. The Hall–Kier alpha value is -2.70. The van der Waals surface area contributed by atoms with Crippen molar-refractivity contribution in [2.24, 2.45) is 0 Å². The summed E-state index contributed by atoms with van der Waals surface area (Å²) in [7, 11) is 0. The van der Waals surface area contributed by atoms with E-state index < -0.39 is 0 Å². The minimum atomic E-state index is 0.00780. The topological polar surface area (TPSA) is 79.5 Å². The summed E-state index contributed by atoms with van der Waals surface area (Å²) in [5.74, 6) is 1.25. The van der Waals surface area contributed by atoms with Gasteiger partial charge in [0.2, 0.25) is 17.7 Å². The van der Waals surface area contributed by atoms with Crippen molar-refractivity contribution in [3.8, 4) is 0 Å². The molecule has 2 aromatic rings. The highest BCUT2D eigenvalue weighted by Gasteiger charge is 2.31. The Morgan fingerprint density at radius 1 is 1.30 bits per heavy atom. The lowest BCUT2D eigenvalue weighted by Crippen LogP contribution is -2.43. The molecule has 1 aliphatic rings. The minimum Gasteiger partial charge on any atom is -0.340 e. The van der Waals surface area contributed by atoms with Crippen LogP contribution in [-0.2, 0) is 22.4 Å². The fourth-order valence-corrected chi connectivity index (χ4v) is 3.57. The number of likely N-dealkylation sites (tertiary alicyclic amines) is 1. The van der Waals surface area contributed by atoms with Gasteiger partial charge in [0.1, 0.15) is 0 Å². The first kappa shape index (κ1) is 19.1. The third-order valence-corrected chi connectivity index (χ3v) is 5.11. The van der Waals surface area contributed by atoms with Gasteiger partial charge in [0, 0.05) is 39.9 Å². The maximum Gasteiger partial charge on any atom is 0.227 e. The molecule has 1 aliphatic heterocycles. The molecule has 1 aromatic carbocycles. The van der Waals surface area contributed by atoms with E-state index in [0.29, 0.717) is 44.2 Å². The van der Waals surface area contributed by atoms with Gasteiger partial charge >= 0.3 is 0 Å². The van der Waals surface area contributed by atoms with Crippen LogP contribution in [0.3, 0.4) is 0 Å². The molecule has 144 valence electrons. The average molecular weight is 370 g/mol. The molecule has 1 fully saturated rings. The predicted octanol–water partition coefficient (Wildman–Crippen LogP) is 1.92. The number of hydrogen-bond acceptors (Lipinski definition) is 5. The Bertz CT molecular complexity index is 817. The average Bonchev–Trinajstić information content (AvgIpc) is 3.26. The summed E-state index contributed by atoms with van der Waals surface area (Å²) in [6.45, 7) is 7.12. The number of rotatable bonds is 6. The molecular formula is C20H26N4O3. The van der Waals surface area contributed by atoms with Crippen molar-refractivity contribution < 1.29 is 14.1 Å². The van der Waals surface area contributed by atoms with E-state index in [1.165, 1.54) is 0 Å². The molecule has 0 radical (unpaired) electrons. The van der Waals surface area contributed by atoms with Crippen molar-refractivity contribution in [3.63, 3.8) is 0 Å². The number of carbonyl (C=O) groups excluding carboxylic acids is 2. The van der Waals surface area contributed by atoms with Gasteiger partial charge in [-0.25, -0.2) is 0 Å². The molecule has 0 aliphatic carbocycles. The number of hydrogen-bond donors (Lipinski definition) is 0. The zero-order valence-electron chi connectivity index (χ0n) is 16.1. The molecule has 0 saturated carbocycles. The van der Waals surface area contributed by atoms with Gasteiger partial charge in [0.15, 0.2) is 5.82 Å². The highest BCUT2D eigenvalue weighted by molar-refractivity contribution is 5.80. The Balaban J connectivity index is 1.58. The Morgan fingerprint density at radius 2 is 2.07 bits per heavy atom. The quantitative estimate of drug-likeness (QED) is 0.776. The lowest BCUT2D eigenvalue weighted by Gasteiger charge is -2.27. The van der Waals surface area contributed by atoms with Gasteiger partial charge in [-0.2, -0.15) is 4.98 Å². The fraction of sp³-hybridized carbons (Fsp3) is 0.500. The number of amides is 2. The SMILES string of the molecule is CC(=O)N(CCc1noc(C)n1)C1CCN(C(=O)Cc2ccccc2C)C1. The van der Waals surface area contributed by atoms with Crippen LogP contribution >= 0.6 is 0 Å². The molecule has 2 amide bonds. The molecule has 0 bridgehead atoms. The summed E-state index contributed by atoms with van der Waals surface area (Å²) >= 11 is 0. The molecule has 0 N–H and O–H groups in total. The number of nitrogens with zero attached hydrogens (tertiary/aromatic N) is 4. The van der Waals surface area contributed by atoms with Gasteiger partial charge in [-0.05, 0) is 24.5 Å². The summed E-state index contributed by atoms with van der Waals surface area (Å²) in [5.41, 5.74) is 2.18. The predicted molar refractivity (Wildman–Crippen MR) is 100.0 cm³/mol. The van der Waals surface area contributed by atoms with E-state index in [9.17, 15) is 9.59 Å². The molecule has 7 heteroatoms. The molecular weight excluding hydrogens is 344 g/mol. The van der Waals surface area contributed by atoms with Gasteiger partial charge < -0.3 is 14.3 Å². The summed E-state index contributed by atoms with van der Waals surface area (Å²) in [6, 6.07) is 7.99. The van der Waals surface area contributed by atoms with E-state index in [4.69, 9.17) is 4.52 Å². The summed E-state index contributed by atoms with van der Waals surface area (Å²) in [4.78, 5) is 32.7. The van der Waals surface area contributed by atoms with E-state index in [0.717, 1.165) is 17.5 Å². The second kappa shape index (κ2) is 8.33. The van der Waals surface area contributed by atoms with Crippen molar-refractivity contribution in [3.05, 3.63) is 47.1 Å². The van der Waals surface area contributed by atoms with Crippen LogP contribution in [0.4, 0.5) is 0 Å². The van der Waals surface area contributed by atoms with E-state index in [1.807, 2.05) is 41.0 Å². The zero-order chi connectivity index (χ0) is 19.4.